The van der Waals surface area contributed by atoms with Crippen LogP contribution in [0.5, 0.6) is 0 Å². The third-order valence-electron chi connectivity index (χ3n) is 5.55. The number of nitrogens with one attached hydrogen (secondary N) is 2. The third-order valence-corrected chi connectivity index (χ3v) is 6.60. The van der Waals surface area contributed by atoms with Gasteiger partial charge in [-0.1, -0.05) is 34.1 Å². The van der Waals surface area contributed by atoms with E-state index in [2.05, 4.69) is 43.3 Å². The van der Waals surface area contributed by atoms with E-state index in [4.69, 9.17) is 15.0 Å². The number of aromatic nitrogens is 4. The number of fused-ring (bicyclic) bond motifs is 1. The minimum atomic E-state index is -0.708. The van der Waals surface area contributed by atoms with Crippen molar-refractivity contribution in [3.63, 3.8) is 0 Å². The van der Waals surface area contributed by atoms with E-state index in [0.29, 0.717) is 12.5 Å². The smallest absolute Gasteiger partial charge is 0.224 e. The van der Waals surface area contributed by atoms with Crippen LogP contribution < -0.4 is 10.6 Å². The molecule has 1 atom stereocenters. The topological polar surface area (TPSA) is 95.9 Å². The highest BCUT2D eigenvalue weighted by molar-refractivity contribution is 7.21. The van der Waals surface area contributed by atoms with Crippen LogP contribution >= 0.6 is 11.3 Å². The van der Waals surface area contributed by atoms with Gasteiger partial charge in [-0.05, 0) is 44.6 Å². The molecule has 0 aromatic carbocycles. The summed E-state index contributed by atoms with van der Waals surface area (Å²) in [6.45, 7) is 15.9. The van der Waals surface area contributed by atoms with Crippen molar-refractivity contribution in [3.05, 3.63) is 24.2 Å². The fourth-order valence-corrected chi connectivity index (χ4v) is 4.72. The van der Waals surface area contributed by atoms with Crippen molar-refractivity contribution in [1.82, 2.24) is 19.9 Å². The lowest BCUT2D eigenvalue weighted by Gasteiger charge is -2.28. The number of rotatable bonds is 9. The number of nitrogens with zero attached hydrogens (tertiary/aromatic N) is 4. The number of thiazole rings is 1. The Kier molecular flexibility index (Phi) is 7.35. The lowest BCUT2D eigenvalue weighted by atomic mass is 9.86. The molecule has 3 heterocycles. The predicted molar refractivity (Wildman–Crippen MR) is 134 cm³/mol. The molecule has 0 fully saturated rings. The number of aryl methyl sites for hydroxylation is 1. The summed E-state index contributed by atoms with van der Waals surface area (Å²) in [5.74, 6) is 1.58. The van der Waals surface area contributed by atoms with E-state index >= 15 is 0 Å². The van der Waals surface area contributed by atoms with Crippen LogP contribution in [-0.2, 0) is 0 Å². The van der Waals surface area contributed by atoms with Crippen molar-refractivity contribution in [3.8, 4) is 10.6 Å². The molecule has 3 N–H and O–H groups in total. The highest BCUT2D eigenvalue weighted by Gasteiger charge is 2.25. The number of pyridine rings is 1. The zero-order chi connectivity index (χ0) is 23.5. The van der Waals surface area contributed by atoms with Gasteiger partial charge in [0.1, 0.15) is 16.3 Å². The van der Waals surface area contributed by atoms with Gasteiger partial charge in [0.2, 0.25) is 5.95 Å². The second kappa shape index (κ2) is 9.67. The van der Waals surface area contributed by atoms with Crippen molar-refractivity contribution < 1.29 is 5.11 Å². The highest BCUT2D eigenvalue weighted by atomic mass is 32.1. The molecule has 0 amide bonds. The van der Waals surface area contributed by atoms with Gasteiger partial charge in [0.05, 0.1) is 27.8 Å². The fraction of sp³-hybridized carbons (Fsp3) is 0.583. The standard InChI is InChI=1S/C24H36N6OS/c1-8-16(24(6,7)31)9-12-26-20-19(21-29-17-13-25-11-10-18(17)32-21)15(2)28-22(30-20)27-14-23(3,4)5/h10-11,13,16,31H,8-9,12,14H2,1-7H3,(H2,26,27,28,30). The summed E-state index contributed by atoms with van der Waals surface area (Å²) in [5, 5.41) is 18.2. The minimum Gasteiger partial charge on any atom is -0.390 e. The Labute approximate surface area is 195 Å². The van der Waals surface area contributed by atoms with Crippen molar-refractivity contribution in [2.45, 2.75) is 66.9 Å². The summed E-state index contributed by atoms with van der Waals surface area (Å²) in [6.07, 6.45) is 5.34. The van der Waals surface area contributed by atoms with Crippen molar-refractivity contribution >= 4 is 33.3 Å². The maximum absolute atomic E-state index is 10.4. The first-order valence-corrected chi connectivity index (χ1v) is 12.1. The monoisotopic (exact) mass is 456 g/mol. The summed E-state index contributed by atoms with van der Waals surface area (Å²) < 4.78 is 1.09. The van der Waals surface area contributed by atoms with E-state index in [-0.39, 0.29) is 11.3 Å². The molecule has 3 aromatic heterocycles. The van der Waals surface area contributed by atoms with Gasteiger partial charge in [-0.15, -0.1) is 11.3 Å². The SMILES string of the molecule is CCC(CCNc1nc(NCC(C)(C)C)nc(C)c1-c1nc2cnccc2s1)C(C)(C)O. The Morgan fingerprint density at radius 3 is 2.47 bits per heavy atom. The second-order valence-electron chi connectivity index (χ2n) is 10.1. The first kappa shape index (κ1) is 24.3. The van der Waals surface area contributed by atoms with Gasteiger partial charge in [-0.2, -0.15) is 4.98 Å². The molecule has 3 aromatic rings. The zero-order valence-corrected chi connectivity index (χ0v) is 21.1. The summed E-state index contributed by atoms with van der Waals surface area (Å²) >= 11 is 1.62. The third kappa shape index (κ3) is 6.13. The van der Waals surface area contributed by atoms with Gasteiger partial charge in [-0.3, -0.25) is 4.98 Å². The maximum atomic E-state index is 10.4. The molecule has 0 aliphatic rings. The van der Waals surface area contributed by atoms with Crippen LogP contribution in [0.3, 0.4) is 0 Å². The first-order valence-electron chi connectivity index (χ1n) is 11.3. The Balaban J connectivity index is 1.93. The molecule has 32 heavy (non-hydrogen) atoms. The molecule has 0 spiro atoms. The van der Waals surface area contributed by atoms with E-state index in [9.17, 15) is 5.11 Å². The zero-order valence-electron chi connectivity index (χ0n) is 20.3. The van der Waals surface area contributed by atoms with E-state index < -0.39 is 5.60 Å². The van der Waals surface area contributed by atoms with Crippen LogP contribution in [0.25, 0.3) is 20.8 Å². The number of aliphatic hydroxyl groups is 1. The largest absolute Gasteiger partial charge is 0.390 e. The molecule has 7 nitrogen and oxygen atoms in total. The Morgan fingerprint density at radius 2 is 1.84 bits per heavy atom. The average molecular weight is 457 g/mol. The molecule has 3 rings (SSSR count). The molecule has 1 unspecified atom stereocenters. The van der Waals surface area contributed by atoms with Gasteiger partial charge >= 0.3 is 0 Å². The van der Waals surface area contributed by atoms with Crippen LogP contribution in [0.15, 0.2) is 18.5 Å². The predicted octanol–water partition coefficient (Wildman–Crippen LogP) is 5.51. The molecular formula is C24H36N6OS. The fourth-order valence-electron chi connectivity index (χ4n) is 3.69. The molecule has 0 saturated carbocycles. The van der Waals surface area contributed by atoms with Crippen LogP contribution in [0.1, 0.15) is 60.1 Å². The lowest BCUT2D eigenvalue weighted by Crippen LogP contribution is -2.31. The quantitative estimate of drug-likeness (QED) is 0.390. The Hall–Kier alpha value is -2.32. The summed E-state index contributed by atoms with van der Waals surface area (Å²) in [7, 11) is 0. The number of hydrogen-bond donors (Lipinski definition) is 3. The van der Waals surface area contributed by atoms with E-state index in [1.807, 2.05) is 26.8 Å². The van der Waals surface area contributed by atoms with Gasteiger partial charge < -0.3 is 15.7 Å². The molecule has 0 radical (unpaired) electrons. The van der Waals surface area contributed by atoms with E-state index in [1.165, 1.54) is 0 Å². The molecular weight excluding hydrogens is 420 g/mol. The number of hydrogen-bond acceptors (Lipinski definition) is 8. The first-order chi connectivity index (χ1) is 15.0. The van der Waals surface area contributed by atoms with Crippen LogP contribution in [0, 0.1) is 18.3 Å². The van der Waals surface area contributed by atoms with E-state index in [1.54, 1.807) is 23.7 Å². The van der Waals surface area contributed by atoms with Crippen molar-refractivity contribution in [2.75, 3.05) is 23.7 Å². The summed E-state index contributed by atoms with van der Waals surface area (Å²) in [5.41, 5.74) is 2.08. The minimum absolute atomic E-state index is 0.116. The van der Waals surface area contributed by atoms with Gasteiger partial charge in [0.15, 0.2) is 0 Å². The lowest BCUT2D eigenvalue weighted by molar-refractivity contribution is 0.0130. The van der Waals surface area contributed by atoms with Crippen LogP contribution in [0.4, 0.5) is 11.8 Å². The van der Waals surface area contributed by atoms with Gasteiger partial charge in [0, 0.05) is 19.3 Å². The van der Waals surface area contributed by atoms with Gasteiger partial charge in [-0.25, -0.2) is 9.97 Å². The van der Waals surface area contributed by atoms with Crippen LogP contribution in [0.2, 0.25) is 0 Å². The van der Waals surface area contributed by atoms with E-state index in [0.717, 1.165) is 51.7 Å². The van der Waals surface area contributed by atoms with Crippen molar-refractivity contribution in [2.24, 2.45) is 11.3 Å². The average Bonchev–Trinajstić information content (AvgIpc) is 3.11. The second-order valence-corrected chi connectivity index (χ2v) is 11.1. The number of anilines is 2. The summed E-state index contributed by atoms with van der Waals surface area (Å²) in [4.78, 5) is 18.5. The molecule has 174 valence electrons. The molecule has 0 bridgehead atoms. The maximum Gasteiger partial charge on any atom is 0.224 e. The molecule has 8 heteroatoms. The van der Waals surface area contributed by atoms with Gasteiger partial charge in [0.25, 0.3) is 0 Å². The van der Waals surface area contributed by atoms with Crippen molar-refractivity contribution in [1.29, 1.82) is 0 Å². The summed E-state index contributed by atoms with van der Waals surface area (Å²) in [6, 6.07) is 1.98. The molecule has 0 aliphatic heterocycles. The highest BCUT2D eigenvalue weighted by Crippen LogP contribution is 2.36. The Morgan fingerprint density at radius 1 is 1.09 bits per heavy atom. The molecule has 0 aliphatic carbocycles. The normalized spacial score (nSPS) is 13.4. The molecule has 0 saturated heterocycles. The van der Waals surface area contributed by atoms with Crippen LogP contribution in [-0.4, -0.2) is 43.7 Å². The Bertz CT molecular complexity index is 1020.